The van der Waals surface area contributed by atoms with E-state index in [0.29, 0.717) is 22.2 Å². The first-order valence-corrected chi connectivity index (χ1v) is 9.76. The molecule has 0 bridgehead atoms. The molecule has 11 nitrogen and oxygen atoms in total. The molecule has 31 heavy (non-hydrogen) atoms. The highest BCUT2D eigenvalue weighted by Gasteiger charge is 2.19. The predicted molar refractivity (Wildman–Crippen MR) is 113 cm³/mol. The summed E-state index contributed by atoms with van der Waals surface area (Å²) in [7, 11) is 0. The zero-order valence-electron chi connectivity index (χ0n) is 16.6. The fourth-order valence-electron chi connectivity index (χ4n) is 3.09. The molecule has 12 heteroatoms. The molecule has 1 atom stereocenters. The molecule has 156 valence electrons. The summed E-state index contributed by atoms with van der Waals surface area (Å²) in [6, 6.07) is 3.02. The lowest BCUT2D eigenvalue weighted by Gasteiger charge is -2.16. The maximum Gasteiger partial charge on any atom is 0.323 e. The molecule has 0 aliphatic carbocycles. The van der Waals surface area contributed by atoms with Crippen molar-refractivity contribution in [2.24, 2.45) is 0 Å². The van der Waals surface area contributed by atoms with E-state index in [0.717, 1.165) is 12.0 Å². The van der Waals surface area contributed by atoms with Crippen molar-refractivity contribution in [3.8, 4) is 11.9 Å². The summed E-state index contributed by atoms with van der Waals surface area (Å²) in [6.07, 6.45) is 8.38. The fraction of sp³-hybridized carbons (Fsp3) is 0.211. The SMILES string of the molecule is CCC(C)c1c(NC(=O)Nc2cnc(-n3nccn3)c(C#N)c2)cnn2cc(Cl)nc12. The molecule has 4 heterocycles. The average molecular weight is 437 g/mol. The summed E-state index contributed by atoms with van der Waals surface area (Å²) < 4.78 is 1.58. The van der Waals surface area contributed by atoms with Crippen LogP contribution in [0.25, 0.3) is 11.5 Å². The first-order valence-electron chi connectivity index (χ1n) is 9.38. The number of imidazole rings is 1. The second kappa shape index (κ2) is 8.37. The summed E-state index contributed by atoms with van der Waals surface area (Å²) in [4.78, 5) is 22.4. The van der Waals surface area contributed by atoms with Crippen LogP contribution in [0, 0.1) is 11.3 Å². The van der Waals surface area contributed by atoms with Crippen LogP contribution in [0.1, 0.15) is 37.3 Å². The number of halogens is 1. The minimum absolute atomic E-state index is 0.104. The van der Waals surface area contributed by atoms with Gasteiger partial charge >= 0.3 is 6.03 Å². The van der Waals surface area contributed by atoms with Crippen molar-refractivity contribution in [1.29, 1.82) is 5.26 Å². The topological polar surface area (TPSA) is 139 Å². The number of fused-ring (bicyclic) bond motifs is 1. The van der Waals surface area contributed by atoms with Gasteiger partial charge in [0.1, 0.15) is 16.8 Å². The molecule has 0 saturated carbocycles. The van der Waals surface area contributed by atoms with Gasteiger partial charge in [-0.3, -0.25) is 0 Å². The van der Waals surface area contributed by atoms with Gasteiger partial charge in [0, 0.05) is 5.56 Å². The lowest BCUT2D eigenvalue weighted by Crippen LogP contribution is -2.21. The Balaban J connectivity index is 1.59. The molecular formula is C19H17ClN10O. The Morgan fingerprint density at radius 3 is 2.74 bits per heavy atom. The van der Waals surface area contributed by atoms with Crippen LogP contribution in [-0.4, -0.2) is 40.6 Å². The molecule has 0 saturated heterocycles. The van der Waals surface area contributed by atoms with Crippen LogP contribution in [0.3, 0.4) is 0 Å². The summed E-state index contributed by atoms with van der Waals surface area (Å²) in [6.45, 7) is 4.08. The van der Waals surface area contributed by atoms with Gasteiger partial charge in [-0.25, -0.2) is 19.3 Å². The van der Waals surface area contributed by atoms with Crippen LogP contribution < -0.4 is 10.6 Å². The van der Waals surface area contributed by atoms with Crippen LogP contribution in [0.15, 0.2) is 37.1 Å². The smallest absolute Gasteiger partial charge is 0.306 e. The summed E-state index contributed by atoms with van der Waals surface area (Å²) >= 11 is 6.03. The molecule has 1 unspecified atom stereocenters. The zero-order valence-corrected chi connectivity index (χ0v) is 17.4. The molecule has 0 aromatic carbocycles. The molecule has 2 N–H and O–H groups in total. The quantitative estimate of drug-likeness (QED) is 0.488. The van der Waals surface area contributed by atoms with E-state index in [2.05, 4.69) is 35.9 Å². The summed E-state index contributed by atoms with van der Waals surface area (Å²) in [5.41, 5.74) is 2.49. The molecule has 4 aromatic heterocycles. The van der Waals surface area contributed by atoms with Gasteiger partial charge in [0.2, 0.25) is 0 Å². The van der Waals surface area contributed by atoms with Crippen LogP contribution in [0.5, 0.6) is 0 Å². The number of amides is 2. The number of urea groups is 1. The molecule has 2 amide bonds. The summed E-state index contributed by atoms with van der Waals surface area (Å²) in [5.74, 6) is 0.371. The van der Waals surface area contributed by atoms with Crippen molar-refractivity contribution in [1.82, 2.24) is 34.6 Å². The normalized spacial score (nSPS) is 11.8. The van der Waals surface area contributed by atoms with E-state index in [9.17, 15) is 10.1 Å². The van der Waals surface area contributed by atoms with Crippen molar-refractivity contribution in [2.75, 3.05) is 10.6 Å². The van der Waals surface area contributed by atoms with Gasteiger partial charge in [0.25, 0.3) is 0 Å². The van der Waals surface area contributed by atoms with Gasteiger partial charge < -0.3 is 10.6 Å². The largest absolute Gasteiger partial charge is 0.323 e. The first kappa shape index (κ1) is 20.2. The van der Waals surface area contributed by atoms with E-state index >= 15 is 0 Å². The number of nitrogens with one attached hydrogen (secondary N) is 2. The van der Waals surface area contributed by atoms with Gasteiger partial charge in [-0.2, -0.15) is 20.6 Å². The number of pyridine rings is 1. The van der Waals surface area contributed by atoms with E-state index in [-0.39, 0.29) is 17.3 Å². The van der Waals surface area contributed by atoms with Crippen LogP contribution in [-0.2, 0) is 0 Å². The summed E-state index contributed by atoms with van der Waals surface area (Å²) in [5, 5.41) is 27.4. The van der Waals surface area contributed by atoms with E-state index in [1.54, 1.807) is 16.9 Å². The first-order chi connectivity index (χ1) is 15.0. The number of aromatic nitrogens is 7. The number of nitrogens with zero attached hydrogens (tertiary/aromatic N) is 8. The third-order valence-electron chi connectivity index (χ3n) is 4.71. The Morgan fingerprint density at radius 2 is 2.03 bits per heavy atom. The van der Waals surface area contributed by atoms with E-state index in [1.165, 1.54) is 29.5 Å². The maximum absolute atomic E-state index is 12.7. The highest BCUT2D eigenvalue weighted by Crippen LogP contribution is 2.30. The van der Waals surface area contributed by atoms with Gasteiger partial charge in [0.05, 0.1) is 42.4 Å². The maximum atomic E-state index is 12.7. The Hall–Kier alpha value is -4.04. The molecule has 0 spiro atoms. The average Bonchev–Trinajstić information content (AvgIpc) is 3.42. The second-order valence-corrected chi connectivity index (χ2v) is 7.10. The molecule has 4 rings (SSSR count). The van der Waals surface area contributed by atoms with Crippen molar-refractivity contribution in [3.05, 3.63) is 53.3 Å². The number of carbonyl (C=O) groups is 1. The van der Waals surface area contributed by atoms with Crippen molar-refractivity contribution < 1.29 is 4.79 Å². The number of hydrogen-bond acceptors (Lipinski definition) is 7. The van der Waals surface area contributed by atoms with Gasteiger partial charge in [0.15, 0.2) is 11.5 Å². The number of anilines is 2. The third kappa shape index (κ3) is 4.01. The van der Waals surface area contributed by atoms with Crippen molar-refractivity contribution in [2.45, 2.75) is 26.2 Å². The molecule has 0 radical (unpaired) electrons. The number of nitriles is 1. The van der Waals surface area contributed by atoms with Crippen molar-refractivity contribution in [3.63, 3.8) is 0 Å². The Labute approximate surface area is 181 Å². The number of rotatable bonds is 5. The highest BCUT2D eigenvalue weighted by atomic mass is 35.5. The van der Waals surface area contributed by atoms with Gasteiger partial charge in [-0.05, 0) is 18.4 Å². The third-order valence-corrected chi connectivity index (χ3v) is 4.89. The molecule has 0 aliphatic rings. The Morgan fingerprint density at radius 1 is 1.26 bits per heavy atom. The highest BCUT2D eigenvalue weighted by molar-refractivity contribution is 6.29. The van der Waals surface area contributed by atoms with E-state index in [1.807, 2.05) is 19.9 Å². The van der Waals surface area contributed by atoms with E-state index < -0.39 is 6.03 Å². The van der Waals surface area contributed by atoms with Crippen LogP contribution >= 0.6 is 11.6 Å². The van der Waals surface area contributed by atoms with Crippen molar-refractivity contribution >= 4 is 34.7 Å². The Bertz CT molecular complexity index is 1290. The Kier molecular flexibility index (Phi) is 5.46. The molecule has 4 aromatic rings. The number of hydrogen-bond donors (Lipinski definition) is 2. The van der Waals surface area contributed by atoms with Crippen LogP contribution in [0.4, 0.5) is 16.2 Å². The minimum Gasteiger partial charge on any atom is -0.306 e. The lowest BCUT2D eigenvalue weighted by atomic mass is 9.98. The van der Waals surface area contributed by atoms with Gasteiger partial charge in [-0.15, -0.1) is 4.80 Å². The number of carbonyl (C=O) groups excluding carboxylic acids is 1. The second-order valence-electron chi connectivity index (χ2n) is 6.72. The van der Waals surface area contributed by atoms with E-state index in [4.69, 9.17) is 11.6 Å². The standard InChI is InChI=1S/C19H17ClN10O/c1-3-11(2)16-14(9-25-29-10-15(20)28-18(16)29)27-19(31)26-13-6-12(7-21)17(22-8-13)30-23-4-5-24-30/h4-6,8-11H,3H2,1-2H3,(H2,26,27,31). The molecule has 0 fully saturated rings. The minimum atomic E-state index is -0.510. The molecule has 0 aliphatic heterocycles. The lowest BCUT2D eigenvalue weighted by molar-refractivity contribution is 0.262. The fourth-order valence-corrected chi connectivity index (χ4v) is 3.26. The monoisotopic (exact) mass is 436 g/mol. The zero-order chi connectivity index (χ0) is 22.0. The molecular weight excluding hydrogens is 420 g/mol. The van der Waals surface area contributed by atoms with Crippen LogP contribution in [0.2, 0.25) is 5.15 Å². The van der Waals surface area contributed by atoms with Gasteiger partial charge in [-0.1, -0.05) is 25.4 Å². The predicted octanol–water partition coefficient (Wildman–Crippen LogP) is 3.39.